The van der Waals surface area contributed by atoms with Crippen molar-refractivity contribution < 1.29 is 24.3 Å². The van der Waals surface area contributed by atoms with Crippen molar-refractivity contribution in [2.24, 2.45) is 0 Å². The molecule has 1 rings (SSSR count). The van der Waals surface area contributed by atoms with Crippen molar-refractivity contribution in [2.75, 3.05) is 6.54 Å². The van der Waals surface area contributed by atoms with E-state index in [-0.39, 0.29) is 19.8 Å². The van der Waals surface area contributed by atoms with Gasteiger partial charge in [0.15, 0.2) is 0 Å². The van der Waals surface area contributed by atoms with Crippen molar-refractivity contribution in [1.29, 1.82) is 0 Å². The van der Waals surface area contributed by atoms with Gasteiger partial charge in [-0.1, -0.05) is 24.3 Å². The molecule has 8 nitrogen and oxygen atoms in total. The molecule has 0 fully saturated rings. The molecule has 1 aromatic carbocycles. The number of ether oxygens (including phenoxy) is 1. The van der Waals surface area contributed by atoms with Crippen LogP contribution in [0.1, 0.15) is 11.1 Å². The van der Waals surface area contributed by atoms with Gasteiger partial charge in [-0.2, -0.15) is 0 Å². The molecule has 0 aliphatic heterocycles. The van der Waals surface area contributed by atoms with E-state index >= 15 is 0 Å². The Labute approximate surface area is 108 Å². The molecule has 0 aliphatic rings. The first-order valence-corrected chi connectivity index (χ1v) is 5.30. The molecule has 8 heteroatoms. The lowest BCUT2D eigenvalue weighted by Gasteiger charge is -2.09. The SMILES string of the molecule is O=CNCC(=O)OCc1ccccc1CO[N+](=O)[O-]. The number of carbonyl (C=O) groups is 2. The summed E-state index contributed by atoms with van der Waals surface area (Å²) in [6.45, 7) is -0.485. The number of hydrogen-bond acceptors (Lipinski definition) is 6. The lowest BCUT2D eigenvalue weighted by Crippen LogP contribution is -2.23. The second-order valence-corrected chi connectivity index (χ2v) is 3.43. The summed E-state index contributed by atoms with van der Waals surface area (Å²) in [5, 5.41) is 11.4. The summed E-state index contributed by atoms with van der Waals surface area (Å²) < 4.78 is 4.89. The Bertz CT molecular complexity index is 462. The maximum absolute atomic E-state index is 11.2. The van der Waals surface area contributed by atoms with E-state index in [0.717, 1.165) is 0 Å². The molecule has 0 spiro atoms. The molecule has 0 aliphatic carbocycles. The molecule has 0 saturated heterocycles. The van der Waals surface area contributed by atoms with E-state index in [2.05, 4.69) is 10.2 Å². The number of carbonyl (C=O) groups excluding carboxylic acids is 2. The van der Waals surface area contributed by atoms with Crippen LogP contribution in [0.25, 0.3) is 0 Å². The fraction of sp³-hybridized carbons (Fsp3) is 0.273. The van der Waals surface area contributed by atoms with Crippen LogP contribution in [0.3, 0.4) is 0 Å². The smallest absolute Gasteiger partial charge is 0.325 e. The van der Waals surface area contributed by atoms with Gasteiger partial charge in [0.1, 0.15) is 19.8 Å². The Morgan fingerprint density at radius 3 is 2.53 bits per heavy atom. The van der Waals surface area contributed by atoms with Crippen LogP contribution in [0.4, 0.5) is 0 Å². The predicted molar refractivity (Wildman–Crippen MR) is 62.1 cm³/mol. The standard InChI is InChI=1S/C11H12N2O6/c14-8-12-5-11(15)18-6-9-3-1-2-4-10(9)7-19-13(16)17/h1-4,8H,5-7H2,(H,12,14). The Morgan fingerprint density at radius 2 is 1.95 bits per heavy atom. The summed E-state index contributed by atoms with van der Waals surface area (Å²) in [5.41, 5.74) is 1.15. The molecule has 0 unspecified atom stereocenters. The quantitative estimate of drug-likeness (QED) is 0.312. The molecule has 1 N–H and O–H groups in total. The average molecular weight is 268 g/mol. The Morgan fingerprint density at radius 1 is 1.32 bits per heavy atom. The molecular formula is C11H12N2O6. The minimum Gasteiger partial charge on any atom is -0.459 e. The summed E-state index contributed by atoms with van der Waals surface area (Å²) in [6, 6.07) is 6.70. The lowest BCUT2D eigenvalue weighted by atomic mass is 10.1. The van der Waals surface area contributed by atoms with Crippen LogP contribution >= 0.6 is 0 Å². The van der Waals surface area contributed by atoms with Crippen molar-refractivity contribution in [3.05, 3.63) is 45.5 Å². The van der Waals surface area contributed by atoms with E-state index in [9.17, 15) is 19.7 Å². The third-order valence-corrected chi connectivity index (χ3v) is 2.16. The predicted octanol–water partition coefficient (Wildman–Crippen LogP) is 0.184. The minimum atomic E-state index is -0.892. The highest BCUT2D eigenvalue weighted by Crippen LogP contribution is 2.11. The van der Waals surface area contributed by atoms with E-state index in [1.807, 2.05) is 0 Å². The second kappa shape index (κ2) is 7.64. The maximum Gasteiger partial charge on any atom is 0.325 e. The number of rotatable bonds is 8. The normalized spacial score (nSPS) is 9.47. The summed E-state index contributed by atoms with van der Waals surface area (Å²) in [7, 11) is 0. The van der Waals surface area contributed by atoms with Crippen LogP contribution in [0, 0.1) is 10.1 Å². The summed E-state index contributed by atoms with van der Waals surface area (Å²) in [5.74, 6) is -0.600. The number of hydrogen-bond donors (Lipinski definition) is 1. The van der Waals surface area contributed by atoms with Crippen LogP contribution in [-0.2, 0) is 32.4 Å². The molecule has 0 heterocycles. The van der Waals surface area contributed by atoms with Gasteiger partial charge in [0, 0.05) is 0 Å². The zero-order valence-electron chi connectivity index (χ0n) is 9.90. The van der Waals surface area contributed by atoms with Gasteiger partial charge in [0.25, 0.3) is 5.09 Å². The molecule has 0 aromatic heterocycles. The third kappa shape index (κ3) is 5.48. The van der Waals surface area contributed by atoms with Crippen molar-refractivity contribution in [3.8, 4) is 0 Å². The van der Waals surface area contributed by atoms with Crippen LogP contribution in [0.15, 0.2) is 24.3 Å². The maximum atomic E-state index is 11.2. The van der Waals surface area contributed by atoms with Gasteiger partial charge in [-0.05, 0) is 11.1 Å². The third-order valence-electron chi connectivity index (χ3n) is 2.16. The Kier molecular flexibility index (Phi) is 5.80. The molecule has 1 amide bonds. The van der Waals surface area contributed by atoms with Gasteiger partial charge in [0.05, 0.1) is 0 Å². The summed E-state index contributed by atoms with van der Waals surface area (Å²) in [6.07, 6.45) is 0.389. The van der Waals surface area contributed by atoms with Crippen molar-refractivity contribution in [3.63, 3.8) is 0 Å². The van der Waals surface area contributed by atoms with Gasteiger partial charge in [-0.3, -0.25) is 9.59 Å². The van der Waals surface area contributed by atoms with Crippen LogP contribution in [0.5, 0.6) is 0 Å². The fourth-order valence-corrected chi connectivity index (χ4v) is 1.30. The lowest BCUT2D eigenvalue weighted by molar-refractivity contribution is -0.763. The van der Waals surface area contributed by atoms with E-state index in [0.29, 0.717) is 17.5 Å². The highest BCUT2D eigenvalue weighted by molar-refractivity contribution is 5.74. The summed E-state index contributed by atoms with van der Waals surface area (Å²) >= 11 is 0. The molecule has 102 valence electrons. The van der Waals surface area contributed by atoms with Gasteiger partial charge in [-0.25, -0.2) is 0 Å². The van der Waals surface area contributed by atoms with Crippen LogP contribution in [-0.4, -0.2) is 24.0 Å². The summed E-state index contributed by atoms with van der Waals surface area (Å²) in [4.78, 5) is 35.5. The zero-order chi connectivity index (χ0) is 14.1. The Hall–Kier alpha value is -2.64. The molecule has 0 radical (unpaired) electrons. The number of benzene rings is 1. The first kappa shape index (κ1) is 14.4. The van der Waals surface area contributed by atoms with Crippen LogP contribution < -0.4 is 5.32 Å². The first-order valence-electron chi connectivity index (χ1n) is 5.30. The van der Waals surface area contributed by atoms with Gasteiger partial charge < -0.3 is 14.9 Å². The van der Waals surface area contributed by atoms with Gasteiger partial charge >= 0.3 is 5.97 Å². The molecule has 0 saturated carbocycles. The number of nitrogens with one attached hydrogen (secondary N) is 1. The monoisotopic (exact) mass is 268 g/mol. The van der Waals surface area contributed by atoms with Crippen LogP contribution in [0.2, 0.25) is 0 Å². The first-order chi connectivity index (χ1) is 9.13. The molecule has 0 atom stereocenters. The highest BCUT2D eigenvalue weighted by Gasteiger charge is 2.07. The number of nitrogens with zero attached hydrogens (tertiary/aromatic N) is 1. The zero-order valence-corrected chi connectivity index (χ0v) is 9.90. The fourth-order valence-electron chi connectivity index (χ4n) is 1.30. The topological polar surface area (TPSA) is 108 Å². The number of esters is 1. The minimum absolute atomic E-state index is 0.0450. The van der Waals surface area contributed by atoms with E-state index < -0.39 is 11.1 Å². The molecule has 0 bridgehead atoms. The van der Waals surface area contributed by atoms with E-state index in [1.54, 1.807) is 24.3 Å². The average Bonchev–Trinajstić information content (AvgIpc) is 2.41. The van der Waals surface area contributed by atoms with Gasteiger partial charge in [-0.15, -0.1) is 10.1 Å². The Balaban J connectivity index is 2.54. The van der Waals surface area contributed by atoms with E-state index in [1.165, 1.54) is 0 Å². The number of amides is 1. The highest BCUT2D eigenvalue weighted by atomic mass is 16.9. The van der Waals surface area contributed by atoms with Crippen molar-refractivity contribution in [1.82, 2.24) is 5.32 Å². The van der Waals surface area contributed by atoms with Crippen molar-refractivity contribution in [2.45, 2.75) is 13.2 Å². The molecular weight excluding hydrogens is 256 g/mol. The van der Waals surface area contributed by atoms with E-state index in [4.69, 9.17) is 4.74 Å². The van der Waals surface area contributed by atoms with Gasteiger partial charge in [0.2, 0.25) is 6.41 Å². The van der Waals surface area contributed by atoms with Crippen molar-refractivity contribution >= 4 is 12.4 Å². The second-order valence-electron chi connectivity index (χ2n) is 3.43. The molecule has 19 heavy (non-hydrogen) atoms. The molecule has 1 aromatic rings. The largest absolute Gasteiger partial charge is 0.459 e.